The summed E-state index contributed by atoms with van der Waals surface area (Å²) in [4.78, 5) is 22.1. The van der Waals surface area contributed by atoms with E-state index in [0.717, 1.165) is 0 Å². The van der Waals surface area contributed by atoms with Crippen LogP contribution in [-0.4, -0.2) is 33.8 Å². The average Bonchev–Trinajstić information content (AvgIpc) is 2.64. The van der Waals surface area contributed by atoms with Crippen molar-refractivity contribution >= 4 is 11.9 Å². The van der Waals surface area contributed by atoms with Crippen molar-refractivity contribution in [2.45, 2.75) is 20.4 Å². The van der Waals surface area contributed by atoms with Gasteiger partial charge in [-0.3, -0.25) is 14.3 Å². The predicted molar refractivity (Wildman–Crippen MR) is 57.0 cm³/mol. The molecule has 0 saturated carbocycles. The van der Waals surface area contributed by atoms with E-state index < -0.39 is 11.4 Å². The summed E-state index contributed by atoms with van der Waals surface area (Å²) in [6.45, 7) is 3.44. The second kappa shape index (κ2) is 4.34. The zero-order valence-electron chi connectivity index (χ0n) is 9.52. The molecule has 2 N–H and O–H groups in total. The molecule has 6 heteroatoms. The molecule has 88 valence electrons. The van der Waals surface area contributed by atoms with Crippen LogP contribution < -0.4 is 5.32 Å². The number of hydrogen-bond acceptors (Lipinski definition) is 3. The molecule has 0 unspecified atom stereocenters. The summed E-state index contributed by atoms with van der Waals surface area (Å²) < 4.78 is 1.46. The van der Waals surface area contributed by atoms with Crippen molar-refractivity contribution < 1.29 is 14.7 Å². The van der Waals surface area contributed by atoms with E-state index in [1.165, 1.54) is 11.7 Å². The van der Waals surface area contributed by atoms with Gasteiger partial charge in [-0.15, -0.1) is 0 Å². The maximum Gasteiger partial charge on any atom is 0.310 e. The topological polar surface area (TPSA) is 84.2 Å². The van der Waals surface area contributed by atoms with E-state index in [1.807, 2.05) is 0 Å². The Kier molecular flexibility index (Phi) is 3.31. The SMILES string of the molecule is CNC(=O)c1ccn(CC(C)(C)C(=O)O)n1. The molecule has 0 spiro atoms. The van der Waals surface area contributed by atoms with E-state index in [1.54, 1.807) is 26.1 Å². The number of carbonyl (C=O) groups excluding carboxylic acids is 1. The summed E-state index contributed by atoms with van der Waals surface area (Å²) in [5, 5.41) is 15.4. The van der Waals surface area contributed by atoms with Crippen LogP contribution in [0.5, 0.6) is 0 Å². The second-order valence-electron chi connectivity index (χ2n) is 4.17. The number of hydrogen-bond donors (Lipinski definition) is 2. The normalized spacial score (nSPS) is 11.2. The third-order valence-electron chi connectivity index (χ3n) is 2.24. The number of aliphatic carboxylic acids is 1. The number of carboxylic acid groups (broad SMARTS) is 1. The molecular formula is C10H15N3O3. The summed E-state index contributed by atoms with van der Waals surface area (Å²) >= 11 is 0. The largest absolute Gasteiger partial charge is 0.481 e. The zero-order chi connectivity index (χ0) is 12.3. The lowest BCUT2D eigenvalue weighted by atomic mass is 9.94. The van der Waals surface area contributed by atoms with E-state index in [0.29, 0.717) is 0 Å². The molecule has 1 aromatic rings. The van der Waals surface area contributed by atoms with Crippen molar-refractivity contribution in [3.05, 3.63) is 18.0 Å². The third kappa shape index (κ3) is 2.59. The predicted octanol–water partition coefficient (Wildman–Crippen LogP) is 0.353. The van der Waals surface area contributed by atoms with Crippen LogP contribution in [0.3, 0.4) is 0 Å². The second-order valence-corrected chi connectivity index (χ2v) is 4.17. The van der Waals surface area contributed by atoms with Gasteiger partial charge >= 0.3 is 5.97 Å². The van der Waals surface area contributed by atoms with Gasteiger partial charge in [0.25, 0.3) is 5.91 Å². The van der Waals surface area contributed by atoms with Crippen LogP contribution in [0.2, 0.25) is 0 Å². The van der Waals surface area contributed by atoms with Crippen molar-refractivity contribution in [2.24, 2.45) is 5.41 Å². The van der Waals surface area contributed by atoms with Crippen LogP contribution in [0.4, 0.5) is 0 Å². The van der Waals surface area contributed by atoms with Gasteiger partial charge in [0.15, 0.2) is 0 Å². The molecule has 16 heavy (non-hydrogen) atoms. The van der Waals surface area contributed by atoms with Crippen LogP contribution in [0.1, 0.15) is 24.3 Å². The van der Waals surface area contributed by atoms with Crippen LogP contribution in [-0.2, 0) is 11.3 Å². The monoisotopic (exact) mass is 225 g/mol. The fourth-order valence-corrected chi connectivity index (χ4v) is 1.17. The summed E-state index contributed by atoms with van der Waals surface area (Å²) in [7, 11) is 1.52. The van der Waals surface area contributed by atoms with Crippen LogP contribution in [0.25, 0.3) is 0 Å². The van der Waals surface area contributed by atoms with Gasteiger partial charge in [0.2, 0.25) is 0 Å². The van der Waals surface area contributed by atoms with E-state index in [4.69, 9.17) is 5.11 Å². The molecule has 0 fully saturated rings. The molecule has 1 rings (SSSR count). The minimum absolute atomic E-state index is 0.222. The number of carboxylic acids is 1. The molecule has 0 atom stereocenters. The van der Waals surface area contributed by atoms with Crippen molar-refractivity contribution in [3.8, 4) is 0 Å². The lowest BCUT2D eigenvalue weighted by Gasteiger charge is -2.18. The minimum atomic E-state index is -0.911. The third-order valence-corrected chi connectivity index (χ3v) is 2.24. The first-order chi connectivity index (χ1) is 7.36. The molecular weight excluding hydrogens is 210 g/mol. The maximum atomic E-state index is 11.2. The number of nitrogens with one attached hydrogen (secondary N) is 1. The number of aromatic nitrogens is 2. The van der Waals surface area contributed by atoms with Gasteiger partial charge < -0.3 is 10.4 Å². The van der Waals surface area contributed by atoms with E-state index in [-0.39, 0.29) is 18.1 Å². The highest BCUT2D eigenvalue weighted by molar-refractivity contribution is 5.91. The van der Waals surface area contributed by atoms with Gasteiger partial charge in [0, 0.05) is 13.2 Å². The molecule has 0 radical (unpaired) electrons. The standard InChI is InChI=1S/C10H15N3O3/c1-10(2,9(15)16)6-13-5-4-7(12-13)8(14)11-3/h4-5H,6H2,1-3H3,(H,11,14)(H,15,16). The molecule has 1 heterocycles. The number of carbonyl (C=O) groups is 2. The highest BCUT2D eigenvalue weighted by Gasteiger charge is 2.28. The molecule has 0 bridgehead atoms. The molecule has 1 amide bonds. The lowest BCUT2D eigenvalue weighted by Crippen LogP contribution is -2.29. The summed E-state index contributed by atoms with van der Waals surface area (Å²) in [5.41, 5.74) is -0.630. The quantitative estimate of drug-likeness (QED) is 0.774. The Morgan fingerprint density at radius 2 is 2.19 bits per heavy atom. The fourth-order valence-electron chi connectivity index (χ4n) is 1.17. The average molecular weight is 225 g/mol. The van der Waals surface area contributed by atoms with Gasteiger partial charge in [0.1, 0.15) is 5.69 Å². The number of nitrogens with zero attached hydrogens (tertiary/aromatic N) is 2. The highest BCUT2D eigenvalue weighted by atomic mass is 16.4. The van der Waals surface area contributed by atoms with Crippen molar-refractivity contribution in [1.29, 1.82) is 0 Å². The number of amides is 1. The first kappa shape index (κ1) is 12.2. The highest BCUT2D eigenvalue weighted by Crippen LogP contribution is 2.17. The fraction of sp³-hybridized carbons (Fsp3) is 0.500. The van der Waals surface area contributed by atoms with Gasteiger partial charge in [-0.25, -0.2) is 0 Å². The van der Waals surface area contributed by atoms with Gasteiger partial charge in [-0.2, -0.15) is 5.10 Å². The van der Waals surface area contributed by atoms with Crippen molar-refractivity contribution in [3.63, 3.8) is 0 Å². The Bertz CT molecular complexity index is 409. The maximum absolute atomic E-state index is 11.2. The summed E-state index contributed by atoms with van der Waals surface area (Å²) in [5.74, 6) is -1.18. The van der Waals surface area contributed by atoms with Crippen LogP contribution in [0.15, 0.2) is 12.3 Å². The summed E-state index contributed by atoms with van der Waals surface area (Å²) in [6.07, 6.45) is 1.59. The Morgan fingerprint density at radius 1 is 1.56 bits per heavy atom. The molecule has 0 aromatic carbocycles. The molecule has 0 aliphatic heterocycles. The van der Waals surface area contributed by atoms with Crippen molar-refractivity contribution in [2.75, 3.05) is 7.05 Å². The van der Waals surface area contributed by atoms with E-state index in [2.05, 4.69) is 10.4 Å². The minimum Gasteiger partial charge on any atom is -0.481 e. The molecule has 0 saturated heterocycles. The molecule has 0 aliphatic carbocycles. The molecule has 6 nitrogen and oxygen atoms in total. The number of rotatable bonds is 4. The summed E-state index contributed by atoms with van der Waals surface area (Å²) in [6, 6.07) is 1.55. The van der Waals surface area contributed by atoms with E-state index in [9.17, 15) is 9.59 Å². The zero-order valence-corrected chi connectivity index (χ0v) is 9.52. The smallest absolute Gasteiger partial charge is 0.310 e. The Labute approximate surface area is 93.3 Å². The van der Waals surface area contributed by atoms with Gasteiger partial charge in [-0.1, -0.05) is 0 Å². The lowest BCUT2D eigenvalue weighted by molar-refractivity contribution is -0.147. The molecule has 1 aromatic heterocycles. The van der Waals surface area contributed by atoms with Gasteiger partial charge in [-0.05, 0) is 19.9 Å². The Hall–Kier alpha value is -1.85. The van der Waals surface area contributed by atoms with E-state index >= 15 is 0 Å². The first-order valence-corrected chi connectivity index (χ1v) is 4.86. The van der Waals surface area contributed by atoms with Gasteiger partial charge in [0.05, 0.1) is 12.0 Å². The Balaban J connectivity index is 2.80. The Morgan fingerprint density at radius 3 is 2.69 bits per heavy atom. The first-order valence-electron chi connectivity index (χ1n) is 4.86. The van der Waals surface area contributed by atoms with Crippen molar-refractivity contribution in [1.82, 2.24) is 15.1 Å². The van der Waals surface area contributed by atoms with Crippen LogP contribution in [0, 0.1) is 5.41 Å². The van der Waals surface area contributed by atoms with Crippen LogP contribution >= 0.6 is 0 Å². The molecule has 0 aliphatic rings.